The molecule has 0 amide bonds. The molecular weight excluding hydrogens is 270 g/mol. The van der Waals surface area contributed by atoms with Gasteiger partial charge in [-0.1, -0.05) is 20.8 Å². The number of fused-ring (bicyclic) bond motifs is 2. The molecule has 2 bridgehead atoms. The molecule has 2 aliphatic carbocycles. The summed E-state index contributed by atoms with van der Waals surface area (Å²) >= 11 is 0. The van der Waals surface area contributed by atoms with Crippen LogP contribution in [0.25, 0.3) is 0 Å². The van der Waals surface area contributed by atoms with Crippen LogP contribution in [0.1, 0.15) is 60.8 Å². The molecule has 3 atom stereocenters. The molecule has 0 aromatic rings. The zero-order valence-corrected chi connectivity index (χ0v) is 14.7. The number of rotatable bonds is 4. The van der Waals surface area contributed by atoms with E-state index in [-0.39, 0.29) is 5.75 Å². The van der Waals surface area contributed by atoms with Gasteiger partial charge in [-0.2, -0.15) is 0 Å². The van der Waals surface area contributed by atoms with E-state index in [2.05, 4.69) is 26.1 Å². The van der Waals surface area contributed by atoms with Crippen molar-refractivity contribution in [3.8, 4) is 0 Å². The molecule has 0 spiro atoms. The maximum absolute atomic E-state index is 12.2. The highest BCUT2D eigenvalue weighted by molar-refractivity contribution is 7.92. The van der Waals surface area contributed by atoms with E-state index in [1.54, 1.807) is 20.8 Å². The van der Waals surface area contributed by atoms with Gasteiger partial charge in [0.2, 0.25) is 0 Å². The molecule has 118 valence electrons. The summed E-state index contributed by atoms with van der Waals surface area (Å²) in [6.07, 6.45) is 3.91. The van der Waals surface area contributed by atoms with Crippen LogP contribution < -0.4 is 5.32 Å². The molecule has 1 N–H and O–H groups in total. The first kappa shape index (κ1) is 16.3. The fourth-order valence-corrected chi connectivity index (χ4v) is 5.45. The first-order chi connectivity index (χ1) is 8.90. The highest BCUT2D eigenvalue weighted by Gasteiger charge is 2.58. The zero-order chi connectivity index (χ0) is 15.4. The van der Waals surface area contributed by atoms with Gasteiger partial charge in [0.05, 0.1) is 10.5 Å². The van der Waals surface area contributed by atoms with Crippen molar-refractivity contribution in [1.82, 2.24) is 5.32 Å². The molecule has 0 radical (unpaired) electrons. The zero-order valence-electron chi connectivity index (χ0n) is 13.9. The molecule has 4 heteroatoms. The third-order valence-electron chi connectivity index (χ3n) is 5.92. The molecule has 2 fully saturated rings. The van der Waals surface area contributed by atoms with Crippen molar-refractivity contribution in [2.45, 2.75) is 71.6 Å². The quantitative estimate of drug-likeness (QED) is 0.868. The lowest BCUT2D eigenvalue weighted by atomic mass is 9.68. The number of hydrogen-bond acceptors (Lipinski definition) is 3. The first-order valence-corrected chi connectivity index (χ1v) is 9.51. The van der Waals surface area contributed by atoms with Gasteiger partial charge in [-0.15, -0.1) is 0 Å². The van der Waals surface area contributed by atoms with E-state index in [1.165, 1.54) is 19.3 Å². The van der Waals surface area contributed by atoms with Crippen molar-refractivity contribution in [2.24, 2.45) is 16.7 Å². The third kappa shape index (κ3) is 2.54. The van der Waals surface area contributed by atoms with E-state index >= 15 is 0 Å². The Morgan fingerprint density at radius 1 is 1.20 bits per heavy atom. The standard InChI is InChI=1S/C16H31NO2S/c1-14(2,3)20(18,19)10-9-17-13-15(4,5)12-7-8-16(13,6)11-12/h12-13,17H,7-11H2,1-6H3. The second-order valence-electron chi connectivity index (χ2n) is 8.73. The SMILES string of the molecule is CC12CCC(C1)C(C)(C)C2NCCS(=O)(=O)C(C)(C)C. The fourth-order valence-electron chi connectivity index (χ4n) is 4.46. The van der Waals surface area contributed by atoms with Crippen LogP contribution in [0.5, 0.6) is 0 Å². The predicted molar refractivity (Wildman–Crippen MR) is 84.6 cm³/mol. The number of sulfone groups is 1. The molecule has 0 aromatic heterocycles. The summed E-state index contributed by atoms with van der Waals surface area (Å²) < 4.78 is 23.7. The summed E-state index contributed by atoms with van der Waals surface area (Å²) in [6.45, 7) is 13.0. The fraction of sp³-hybridized carbons (Fsp3) is 1.00. The van der Waals surface area contributed by atoms with Crippen molar-refractivity contribution in [3.63, 3.8) is 0 Å². The van der Waals surface area contributed by atoms with Crippen molar-refractivity contribution in [3.05, 3.63) is 0 Å². The average molecular weight is 301 g/mol. The number of nitrogens with one attached hydrogen (secondary N) is 1. The van der Waals surface area contributed by atoms with Crippen molar-refractivity contribution in [1.29, 1.82) is 0 Å². The van der Waals surface area contributed by atoms with Crippen LogP contribution in [0.4, 0.5) is 0 Å². The normalized spacial score (nSPS) is 36.5. The van der Waals surface area contributed by atoms with Crippen molar-refractivity contribution in [2.75, 3.05) is 12.3 Å². The molecule has 0 heterocycles. The van der Waals surface area contributed by atoms with Crippen LogP contribution in [-0.2, 0) is 9.84 Å². The third-order valence-corrected chi connectivity index (χ3v) is 8.53. The lowest BCUT2D eigenvalue weighted by Gasteiger charge is -2.43. The maximum Gasteiger partial charge on any atom is 0.156 e. The molecule has 20 heavy (non-hydrogen) atoms. The van der Waals surface area contributed by atoms with Gasteiger partial charge in [0.1, 0.15) is 0 Å². The Morgan fingerprint density at radius 3 is 2.25 bits per heavy atom. The minimum absolute atomic E-state index is 0.240. The molecule has 3 nitrogen and oxygen atoms in total. The highest BCUT2D eigenvalue weighted by atomic mass is 32.2. The van der Waals surface area contributed by atoms with Crippen LogP contribution in [0.3, 0.4) is 0 Å². The summed E-state index contributed by atoms with van der Waals surface area (Å²) in [5.41, 5.74) is 0.651. The minimum atomic E-state index is -3.02. The van der Waals surface area contributed by atoms with E-state index in [1.807, 2.05) is 0 Å². The van der Waals surface area contributed by atoms with Gasteiger partial charge in [0.15, 0.2) is 9.84 Å². The maximum atomic E-state index is 12.2. The number of hydrogen-bond donors (Lipinski definition) is 1. The molecule has 2 aliphatic rings. The van der Waals surface area contributed by atoms with Gasteiger partial charge in [-0.25, -0.2) is 8.42 Å². The Hall–Kier alpha value is -0.0900. The first-order valence-electron chi connectivity index (χ1n) is 7.86. The molecule has 0 aromatic carbocycles. The Morgan fingerprint density at radius 2 is 1.80 bits per heavy atom. The van der Waals surface area contributed by atoms with Crippen molar-refractivity contribution < 1.29 is 8.42 Å². The van der Waals surface area contributed by atoms with Crippen LogP contribution in [-0.4, -0.2) is 31.5 Å². The molecule has 3 unspecified atom stereocenters. The topological polar surface area (TPSA) is 46.2 Å². The van der Waals surface area contributed by atoms with Crippen LogP contribution in [0, 0.1) is 16.7 Å². The summed E-state index contributed by atoms with van der Waals surface area (Å²) in [4.78, 5) is 0. The lowest BCUT2D eigenvalue weighted by Crippen LogP contribution is -2.51. The molecule has 0 saturated heterocycles. The average Bonchev–Trinajstić information content (AvgIpc) is 2.72. The van der Waals surface area contributed by atoms with Gasteiger partial charge < -0.3 is 5.32 Å². The van der Waals surface area contributed by atoms with Gasteiger partial charge >= 0.3 is 0 Å². The summed E-state index contributed by atoms with van der Waals surface area (Å²) in [7, 11) is -3.02. The second kappa shape index (κ2) is 4.70. The molecule has 0 aliphatic heterocycles. The Labute approximate surface area is 124 Å². The Bertz CT molecular complexity index is 470. The summed E-state index contributed by atoms with van der Waals surface area (Å²) in [6, 6.07) is 0.448. The summed E-state index contributed by atoms with van der Waals surface area (Å²) in [5, 5.41) is 3.59. The van der Waals surface area contributed by atoms with Crippen LogP contribution in [0.15, 0.2) is 0 Å². The largest absolute Gasteiger partial charge is 0.312 e. The lowest BCUT2D eigenvalue weighted by molar-refractivity contribution is 0.111. The monoisotopic (exact) mass is 301 g/mol. The van der Waals surface area contributed by atoms with Gasteiger partial charge in [0, 0.05) is 12.6 Å². The van der Waals surface area contributed by atoms with E-state index in [0.717, 1.165) is 5.92 Å². The summed E-state index contributed by atoms with van der Waals surface area (Å²) in [5.74, 6) is 1.04. The predicted octanol–water partition coefficient (Wildman–Crippen LogP) is 3.00. The van der Waals surface area contributed by atoms with Crippen molar-refractivity contribution >= 4 is 9.84 Å². The van der Waals surface area contributed by atoms with E-state index < -0.39 is 14.6 Å². The second-order valence-corrected chi connectivity index (χ2v) is 11.6. The van der Waals surface area contributed by atoms with E-state index in [9.17, 15) is 8.42 Å². The van der Waals surface area contributed by atoms with Crippen LogP contribution in [0.2, 0.25) is 0 Å². The smallest absolute Gasteiger partial charge is 0.156 e. The Balaban J connectivity index is 1.99. The van der Waals surface area contributed by atoms with E-state index in [4.69, 9.17) is 0 Å². The molecule has 2 saturated carbocycles. The molecule has 2 rings (SSSR count). The molecular formula is C16H31NO2S. The Kier molecular flexibility index (Phi) is 3.83. The van der Waals surface area contributed by atoms with Gasteiger partial charge in [-0.05, 0) is 56.8 Å². The van der Waals surface area contributed by atoms with Crippen LogP contribution >= 0.6 is 0 Å². The minimum Gasteiger partial charge on any atom is -0.312 e. The highest BCUT2D eigenvalue weighted by Crippen LogP contribution is 2.62. The van der Waals surface area contributed by atoms with E-state index in [0.29, 0.717) is 23.4 Å². The van der Waals surface area contributed by atoms with Gasteiger partial charge in [-0.3, -0.25) is 0 Å². The van der Waals surface area contributed by atoms with Gasteiger partial charge in [0.25, 0.3) is 0 Å².